The Morgan fingerprint density at radius 3 is 3.07 bits per heavy atom. The number of hydrogen-bond acceptors (Lipinski definition) is 1. The van der Waals surface area contributed by atoms with Gasteiger partial charge in [0.25, 0.3) is 0 Å². The molecule has 1 aromatic carbocycles. The molecule has 2 unspecified atom stereocenters. The first-order chi connectivity index (χ1) is 7.31. The molecule has 0 saturated heterocycles. The van der Waals surface area contributed by atoms with E-state index in [0.717, 1.165) is 18.4 Å². The minimum atomic E-state index is 0.829. The second-order valence-electron chi connectivity index (χ2n) is 4.66. The number of hydrogen-bond donors (Lipinski definition) is 0. The molecule has 0 radical (unpaired) electrons. The predicted molar refractivity (Wildman–Crippen MR) is 65.3 cm³/mol. The quantitative estimate of drug-likeness (QED) is 0.706. The zero-order valence-electron chi connectivity index (χ0n) is 9.40. The number of benzene rings is 1. The van der Waals surface area contributed by atoms with Crippen molar-refractivity contribution in [2.75, 3.05) is 18.5 Å². The van der Waals surface area contributed by atoms with Crippen LogP contribution in [0.25, 0.3) is 6.08 Å². The molecule has 1 fully saturated rings. The van der Waals surface area contributed by atoms with Crippen molar-refractivity contribution in [2.24, 2.45) is 5.92 Å². The van der Waals surface area contributed by atoms with E-state index in [1.54, 1.807) is 5.56 Å². The lowest BCUT2D eigenvalue weighted by Crippen LogP contribution is -2.17. The average molecular weight is 199 g/mol. The Morgan fingerprint density at radius 2 is 2.27 bits per heavy atom. The van der Waals surface area contributed by atoms with E-state index in [9.17, 15) is 0 Å². The van der Waals surface area contributed by atoms with Crippen LogP contribution in [-0.2, 0) is 0 Å². The highest BCUT2D eigenvalue weighted by Gasteiger charge is 2.40. The van der Waals surface area contributed by atoms with Crippen LogP contribution in [-0.4, -0.2) is 13.6 Å². The average Bonchev–Trinajstić information content (AvgIpc) is 3.06. The molecule has 15 heavy (non-hydrogen) atoms. The number of nitrogens with zero attached hydrogens (tertiary/aromatic N) is 1. The van der Waals surface area contributed by atoms with Gasteiger partial charge in [0.2, 0.25) is 0 Å². The molecule has 2 atom stereocenters. The summed E-state index contributed by atoms with van der Waals surface area (Å²) in [4.78, 5) is 2.33. The smallest absolute Gasteiger partial charge is 0.0439 e. The van der Waals surface area contributed by atoms with Crippen molar-refractivity contribution < 1.29 is 0 Å². The normalized spacial score (nSPS) is 25.7. The van der Waals surface area contributed by atoms with Crippen LogP contribution >= 0.6 is 0 Å². The van der Waals surface area contributed by atoms with Crippen LogP contribution in [0.5, 0.6) is 0 Å². The summed E-state index contributed by atoms with van der Waals surface area (Å²) in [6.45, 7) is 3.27. The molecule has 0 heterocycles. The van der Waals surface area contributed by atoms with Crippen molar-refractivity contribution >= 4 is 11.8 Å². The van der Waals surface area contributed by atoms with Crippen molar-refractivity contribution in [3.8, 4) is 0 Å². The van der Waals surface area contributed by atoms with Crippen LogP contribution < -0.4 is 4.90 Å². The van der Waals surface area contributed by atoms with Gasteiger partial charge in [-0.3, -0.25) is 0 Å². The minimum Gasteiger partial charge on any atom is -0.374 e. The summed E-state index contributed by atoms with van der Waals surface area (Å²) < 4.78 is 0. The Balaban J connectivity index is 2.11. The number of allylic oxidation sites excluding steroid dienone is 1. The maximum absolute atomic E-state index is 2.39. The van der Waals surface area contributed by atoms with E-state index in [0.29, 0.717) is 0 Å². The van der Waals surface area contributed by atoms with Crippen molar-refractivity contribution in [1.82, 2.24) is 0 Å². The van der Waals surface area contributed by atoms with Gasteiger partial charge in [0.15, 0.2) is 0 Å². The van der Waals surface area contributed by atoms with Crippen molar-refractivity contribution in [3.05, 3.63) is 35.4 Å². The first-order valence-electron chi connectivity index (χ1n) is 5.83. The molecule has 1 heteroatoms. The number of fused-ring (bicyclic) bond motifs is 3. The topological polar surface area (TPSA) is 3.24 Å². The summed E-state index contributed by atoms with van der Waals surface area (Å²) >= 11 is 0. The minimum absolute atomic E-state index is 0.829. The molecular formula is C14H17N. The Hall–Kier alpha value is -1.24. The van der Waals surface area contributed by atoms with Gasteiger partial charge in [0.1, 0.15) is 0 Å². The van der Waals surface area contributed by atoms with Gasteiger partial charge in [-0.1, -0.05) is 24.3 Å². The van der Waals surface area contributed by atoms with Gasteiger partial charge in [-0.15, -0.1) is 0 Å². The molecule has 2 aliphatic rings. The summed E-state index contributed by atoms with van der Waals surface area (Å²) in [6.07, 6.45) is 6.08. The van der Waals surface area contributed by atoms with Crippen LogP contribution in [0.1, 0.15) is 30.4 Å². The molecule has 0 N–H and O–H groups in total. The zero-order chi connectivity index (χ0) is 10.4. The second kappa shape index (κ2) is 3.13. The summed E-state index contributed by atoms with van der Waals surface area (Å²) in [5.41, 5.74) is 4.41. The molecule has 3 rings (SSSR count). The second-order valence-corrected chi connectivity index (χ2v) is 4.66. The van der Waals surface area contributed by atoms with Gasteiger partial charge in [-0.2, -0.15) is 0 Å². The highest BCUT2D eigenvalue weighted by molar-refractivity contribution is 5.74. The molecule has 0 aliphatic heterocycles. The van der Waals surface area contributed by atoms with Gasteiger partial charge >= 0.3 is 0 Å². The Labute approximate surface area is 91.4 Å². The lowest BCUT2D eigenvalue weighted by atomic mass is 9.95. The van der Waals surface area contributed by atoms with Crippen molar-refractivity contribution in [3.63, 3.8) is 0 Å². The summed E-state index contributed by atoms with van der Waals surface area (Å²) in [5.74, 6) is 1.68. The number of anilines is 1. The first-order valence-corrected chi connectivity index (χ1v) is 5.83. The lowest BCUT2D eigenvalue weighted by molar-refractivity contribution is 0.947. The third-order valence-electron chi connectivity index (χ3n) is 3.75. The van der Waals surface area contributed by atoms with Crippen LogP contribution in [0.15, 0.2) is 24.3 Å². The fourth-order valence-electron chi connectivity index (χ4n) is 2.58. The molecule has 0 spiro atoms. The fourth-order valence-corrected chi connectivity index (χ4v) is 2.58. The van der Waals surface area contributed by atoms with Crippen molar-refractivity contribution in [2.45, 2.75) is 19.3 Å². The molecule has 0 aromatic heterocycles. The largest absolute Gasteiger partial charge is 0.374 e. The summed E-state index contributed by atoms with van der Waals surface area (Å²) in [6, 6.07) is 6.74. The van der Waals surface area contributed by atoms with E-state index in [2.05, 4.69) is 49.2 Å². The van der Waals surface area contributed by atoms with Gasteiger partial charge in [-0.25, -0.2) is 0 Å². The van der Waals surface area contributed by atoms with E-state index >= 15 is 0 Å². The molecule has 78 valence electrons. The van der Waals surface area contributed by atoms with Crippen LogP contribution in [0, 0.1) is 5.92 Å². The lowest BCUT2D eigenvalue weighted by Gasteiger charge is -2.22. The third kappa shape index (κ3) is 1.30. The first kappa shape index (κ1) is 9.02. The highest BCUT2D eigenvalue weighted by Crippen LogP contribution is 2.53. The SMILES string of the molecule is CCN(C)c1cccc2c1C=CC1CC21. The van der Waals surface area contributed by atoms with E-state index in [4.69, 9.17) is 0 Å². The van der Waals surface area contributed by atoms with Crippen LogP contribution in [0.3, 0.4) is 0 Å². The molecule has 0 amide bonds. The van der Waals surface area contributed by atoms with E-state index in [-0.39, 0.29) is 0 Å². The van der Waals surface area contributed by atoms with Gasteiger partial charge < -0.3 is 4.90 Å². The molecule has 1 aromatic rings. The van der Waals surface area contributed by atoms with Crippen LogP contribution in [0.4, 0.5) is 5.69 Å². The monoisotopic (exact) mass is 199 g/mol. The van der Waals surface area contributed by atoms with E-state index in [1.165, 1.54) is 17.7 Å². The van der Waals surface area contributed by atoms with Crippen LogP contribution in [0.2, 0.25) is 0 Å². The molecule has 2 aliphatic carbocycles. The Bertz CT molecular complexity index is 419. The maximum Gasteiger partial charge on any atom is 0.0439 e. The third-order valence-corrected chi connectivity index (χ3v) is 3.75. The zero-order valence-corrected chi connectivity index (χ0v) is 9.40. The highest BCUT2D eigenvalue weighted by atomic mass is 15.1. The standard InChI is InChI=1S/C14H17N/c1-3-15(2)14-6-4-5-11-12(14)8-7-10-9-13(10)11/h4-8,10,13H,3,9H2,1-2H3. The predicted octanol–water partition coefficient (Wildman–Crippen LogP) is 3.27. The van der Waals surface area contributed by atoms with Gasteiger partial charge in [0, 0.05) is 24.8 Å². The molecular weight excluding hydrogens is 182 g/mol. The Morgan fingerprint density at radius 1 is 1.40 bits per heavy atom. The molecule has 1 saturated carbocycles. The van der Waals surface area contributed by atoms with Gasteiger partial charge in [-0.05, 0) is 36.8 Å². The molecule has 0 bridgehead atoms. The maximum atomic E-state index is 2.39. The van der Waals surface area contributed by atoms with Gasteiger partial charge in [0.05, 0.1) is 0 Å². The molecule has 1 nitrogen and oxygen atoms in total. The summed E-state index contributed by atoms with van der Waals surface area (Å²) in [7, 11) is 2.17. The van der Waals surface area contributed by atoms with E-state index < -0.39 is 0 Å². The summed E-state index contributed by atoms with van der Waals surface area (Å²) in [5, 5.41) is 0. The van der Waals surface area contributed by atoms with E-state index in [1.807, 2.05) is 0 Å². The Kier molecular flexibility index (Phi) is 1.88. The number of rotatable bonds is 2. The fraction of sp³-hybridized carbons (Fsp3) is 0.429. The van der Waals surface area contributed by atoms with Crippen molar-refractivity contribution in [1.29, 1.82) is 0 Å².